The molecule has 22 heavy (non-hydrogen) atoms. The van der Waals surface area contributed by atoms with Crippen molar-refractivity contribution in [1.82, 2.24) is 4.90 Å². The minimum atomic E-state index is -0.347. The van der Waals surface area contributed by atoms with Crippen molar-refractivity contribution in [2.45, 2.75) is 19.3 Å². The van der Waals surface area contributed by atoms with Crippen LogP contribution in [0.15, 0.2) is 36.4 Å². The quantitative estimate of drug-likeness (QED) is 0.487. The first kappa shape index (κ1) is 15.0. The largest absolute Gasteiger partial charge is 0.369 e. The molecule has 118 valence electrons. The van der Waals surface area contributed by atoms with E-state index in [0.717, 1.165) is 37.8 Å². The monoisotopic (exact) mass is 301 g/mol. The minimum absolute atomic E-state index is 0.160. The summed E-state index contributed by atoms with van der Waals surface area (Å²) in [4.78, 5) is 15.2. The molecular formula is C17H23N3O2. The van der Waals surface area contributed by atoms with Crippen LogP contribution in [0.5, 0.6) is 0 Å². The number of nitrogens with zero attached hydrogens (tertiary/aromatic N) is 3. The second-order valence-corrected chi connectivity index (χ2v) is 6.21. The SMILES string of the molecule is O=[N+]([O-])c1ccc(N2CCN(CC3CC=CCC3)CC2)cc1. The van der Waals surface area contributed by atoms with Gasteiger partial charge in [0.25, 0.3) is 5.69 Å². The van der Waals surface area contributed by atoms with Gasteiger partial charge in [-0.2, -0.15) is 0 Å². The Hall–Kier alpha value is -1.88. The number of benzene rings is 1. The van der Waals surface area contributed by atoms with Gasteiger partial charge in [0.2, 0.25) is 0 Å². The molecule has 0 saturated carbocycles. The molecule has 0 radical (unpaired) electrons. The van der Waals surface area contributed by atoms with Crippen LogP contribution in [0.1, 0.15) is 19.3 Å². The summed E-state index contributed by atoms with van der Waals surface area (Å²) in [5.41, 5.74) is 1.25. The highest BCUT2D eigenvalue weighted by atomic mass is 16.6. The number of anilines is 1. The van der Waals surface area contributed by atoms with Crippen molar-refractivity contribution in [1.29, 1.82) is 0 Å². The van der Waals surface area contributed by atoms with E-state index in [1.54, 1.807) is 12.1 Å². The molecular weight excluding hydrogens is 278 g/mol. The first-order chi connectivity index (χ1) is 10.7. The second kappa shape index (κ2) is 6.92. The Morgan fingerprint density at radius 1 is 1.09 bits per heavy atom. The van der Waals surface area contributed by atoms with E-state index in [0.29, 0.717) is 0 Å². The summed E-state index contributed by atoms with van der Waals surface area (Å²) >= 11 is 0. The van der Waals surface area contributed by atoms with Crippen molar-refractivity contribution in [2.24, 2.45) is 5.92 Å². The molecule has 0 aromatic heterocycles. The predicted molar refractivity (Wildman–Crippen MR) is 88.2 cm³/mol. The lowest BCUT2D eigenvalue weighted by Gasteiger charge is -2.37. The highest BCUT2D eigenvalue weighted by Crippen LogP contribution is 2.23. The molecule has 1 aromatic carbocycles. The molecule has 1 aliphatic heterocycles. The highest BCUT2D eigenvalue weighted by Gasteiger charge is 2.20. The van der Waals surface area contributed by atoms with Gasteiger partial charge in [0.05, 0.1) is 4.92 Å². The van der Waals surface area contributed by atoms with Crippen LogP contribution < -0.4 is 4.90 Å². The lowest BCUT2D eigenvalue weighted by Crippen LogP contribution is -2.47. The van der Waals surface area contributed by atoms with Crippen molar-refractivity contribution in [3.8, 4) is 0 Å². The fourth-order valence-corrected chi connectivity index (χ4v) is 3.36. The molecule has 1 heterocycles. The van der Waals surface area contributed by atoms with Crippen LogP contribution in [-0.2, 0) is 0 Å². The first-order valence-corrected chi connectivity index (χ1v) is 8.09. The zero-order valence-electron chi connectivity index (χ0n) is 12.9. The summed E-state index contributed by atoms with van der Waals surface area (Å²) in [7, 11) is 0. The van der Waals surface area contributed by atoms with E-state index in [9.17, 15) is 10.1 Å². The number of nitro groups is 1. The van der Waals surface area contributed by atoms with E-state index in [4.69, 9.17) is 0 Å². The lowest BCUT2D eigenvalue weighted by atomic mass is 9.94. The summed E-state index contributed by atoms with van der Waals surface area (Å²) < 4.78 is 0. The number of piperazine rings is 1. The summed E-state index contributed by atoms with van der Waals surface area (Å²) in [6, 6.07) is 6.91. The van der Waals surface area contributed by atoms with Crippen LogP contribution >= 0.6 is 0 Å². The van der Waals surface area contributed by atoms with Gasteiger partial charge < -0.3 is 4.90 Å². The highest BCUT2D eigenvalue weighted by molar-refractivity contribution is 5.51. The summed E-state index contributed by atoms with van der Waals surface area (Å²) in [5.74, 6) is 0.816. The first-order valence-electron chi connectivity index (χ1n) is 8.09. The van der Waals surface area contributed by atoms with Crippen LogP contribution in [0.4, 0.5) is 11.4 Å². The number of nitro benzene ring substituents is 1. The average molecular weight is 301 g/mol. The Bertz CT molecular complexity index is 533. The van der Waals surface area contributed by atoms with Crippen LogP contribution in [0, 0.1) is 16.0 Å². The van der Waals surface area contributed by atoms with Gasteiger partial charge in [-0.05, 0) is 37.3 Å². The van der Waals surface area contributed by atoms with Crippen molar-refractivity contribution in [2.75, 3.05) is 37.6 Å². The van der Waals surface area contributed by atoms with Crippen molar-refractivity contribution >= 4 is 11.4 Å². The third kappa shape index (κ3) is 3.65. The number of non-ortho nitro benzene ring substituents is 1. The van der Waals surface area contributed by atoms with Gasteiger partial charge in [-0.1, -0.05) is 12.2 Å². The van der Waals surface area contributed by atoms with Gasteiger partial charge in [-0.3, -0.25) is 15.0 Å². The molecule has 5 heteroatoms. The van der Waals surface area contributed by atoms with E-state index in [1.165, 1.54) is 25.8 Å². The van der Waals surface area contributed by atoms with Gasteiger partial charge in [0.1, 0.15) is 0 Å². The third-order valence-electron chi connectivity index (χ3n) is 4.69. The zero-order valence-corrected chi connectivity index (χ0v) is 12.9. The second-order valence-electron chi connectivity index (χ2n) is 6.21. The maximum atomic E-state index is 10.7. The van der Waals surface area contributed by atoms with Crippen LogP contribution in [-0.4, -0.2) is 42.5 Å². The number of rotatable bonds is 4. The standard InChI is InChI=1S/C17H23N3O2/c21-20(22)17-8-6-16(7-9-17)19-12-10-18(11-13-19)14-15-4-2-1-3-5-15/h1-2,6-9,15H,3-5,10-14H2. The van der Waals surface area contributed by atoms with Gasteiger partial charge in [0, 0.05) is 50.5 Å². The smallest absolute Gasteiger partial charge is 0.269 e. The van der Waals surface area contributed by atoms with Crippen LogP contribution in [0.2, 0.25) is 0 Å². The van der Waals surface area contributed by atoms with Crippen molar-refractivity contribution in [3.05, 3.63) is 46.5 Å². The van der Waals surface area contributed by atoms with E-state index in [-0.39, 0.29) is 10.6 Å². The molecule has 3 rings (SSSR count). The maximum Gasteiger partial charge on any atom is 0.269 e. The van der Waals surface area contributed by atoms with Gasteiger partial charge in [0.15, 0.2) is 0 Å². The Morgan fingerprint density at radius 2 is 1.82 bits per heavy atom. The third-order valence-corrected chi connectivity index (χ3v) is 4.69. The van der Waals surface area contributed by atoms with Crippen molar-refractivity contribution < 1.29 is 4.92 Å². The fourth-order valence-electron chi connectivity index (χ4n) is 3.36. The molecule has 0 bridgehead atoms. The zero-order chi connectivity index (χ0) is 15.4. The minimum Gasteiger partial charge on any atom is -0.369 e. The van der Waals surface area contributed by atoms with Crippen LogP contribution in [0.3, 0.4) is 0 Å². The van der Waals surface area contributed by atoms with Gasteiger partial charge >= 0.3 is 0 Å². The molecule has 1 fully saturated rings. The molecule has 1 aliphatic carbocycles. The normalized spacial score (nSPS) is 22.7. The molecule has 0 amide bonds. The van der Waals surface area contributed by atoms with E-state index in [1.807, 2.05) is 12.1 Å². The fraction of sp³-hybridized carbons (Fsp3) is 0.529. The summed E-state index contributed by atoms with van der Waals surface area (Å²) in [5, 5.41) is 10.7. The Morgan fingerprint density at radius 3 is 2.41 bits per heavy atom. The Balaban J connectivity index is 1.50. The van der Waals surface area contributed by atoms with Crippen molar-refractivity contribution in [3.63, 3.8) is 0 Å². The summed E-state index contributed by atoms with van der Waals surface area (Å²) in [6.45, 7) is 5.37. The molecule has 1 atom stereocenters. The molecule has 1 aromatic rings. The average Bonchev–Trinajstić information content (AvgIpc) is 2.57. The number of allylic oxidation sites excluding steroid dienone is 2. The molecule has 1 saturated heterocycles. The number of hydrogen-bond donors (Lipinski definition) is 0. The number of hydrogen-bond acceptors (Lipinski definition) is 4. The predicted octanol–water partition coefficient (Wildman–Crippen LogP) is 3.07. The van der Waals surface area contributed by atoms with E-state index in [2.05, 4.69) is 22.0 Å². The molecule has 0 N–H and O–H groups in total. The van der Waals surface area contributed by atoms with E-state index >= 15 is 0 Å². The van der Waals surface area contributed by atoms with Gasteiger partial charge in [-0.25, -0.2) is 0 Å². The molecule has 0 spiro atoms. The van der Waals surface area contributed by atoms with E-state index < -0.39 is 0 Å². The Labute approximate surface area is 131 Å². The van der Waals surface area contributed by atoms with Crippen LogP contribution in [0.25, 0.3) is 0 Å². The Kier molecular flexibility index (Phi) is 4.73. The topological polar surface area (TPSA) is 49.6 Å². The molecule has 5 nitrogen and oxygen atoms in total. The molecule has 2 aliphatic rings. The summed E-state index contributed by atoms with van der Waals surface area (Å²) in [6.07, 6.45) is 8.39. The van der Waals surface area contributed by atoms with Gasteiger partial charge in [-0.15, -0.1) is 0 Å². The lowest BCUT2D eigenvalue weighted by molar-refractivity contribution is -0.384. The maximum absolute atomic E-state index is 10.7. The molecule has 1 unspecified atom stereocenters.